The lowest BCUT2D eigenvalue weighted by Gasteiger charge is -2.30. The Bertz CT molecular complexity index is 406. The molecular weight excluding hydrogens is 172 g/mol. The summed E-state index contributed by atoms with van der Waals surface area (Å²) in [6.07, 6.45) is 7.17. The van der Waals surface area contributed by atoms with Crippen LogP contribution in [-0.4, -0.2) is 12.6 Å². The van der Waals surface area contributed by atoms with Gasteiger partial charge in [0.15, 0.2) is 0 Å². The summed E-state index contributed by atoms with van der Waals surface area (Å²) < 4.78 is 0. The predicted molar refractivity (Wildman–Crippen MR) is 58.0 cm³/mol. The van der Waals surface area contributed by atoms with Gasteiger partial charge in [0.1, 0.15) is 11.9 Å². The van der Waals surface area contributed by atoms with Gasteiger partial charge in [0, 0.05) is 6.21 Å². The van der Waals surface area contributed by atoms with E-state index in [4.69, 9.17) is 0 Å². The molecule has 1 aromatic rings. The van der Waals surface area contributed by atoms with Gasteiger partial charge in [0.25, 0.3) is 0 Å². The Hall–Kier alpha value is -1.44. The van der Waals surface area contributed by atoms with Crippen LogP contribution in [0.25, 0.3) is 0 Å². The maximum atomic E-state index is 4.52. The van der Waals surface area contributed by atoms with Crippen LogP contribution in [0.2, 0.25) is 0 Å². The first-order valence-corrected chi connectivity index (χ1v) is 5.07. The highest BCUT2D eigenvalue weighted by Gasteiger charge is 2.35. The number of benzene rings is 1. The average molecular weight is 184 g/mol. The molecule has 14 heavy (non-hydrogen) atoms. The standard InChI is InChI=1S/C12H12N2/c1-2-6-11-10(4-1)5-3-7-12(11)8-13-9-14-12/h1-2,4,6,8-9H,3,5,7H2. The SMILES string of the molecule is C1=NC=NC12CCCc1ccccc12. The minimum Gasteiger partial charge on any atom is -0.256 e. The number of nitrogens with zero attached hydrogens (tertiary/aromatic N) is 2. The molecule has 0 N–H and O–H groups in total. The Morgan fingerprint density at radius 3 is 3.00 bits per heavy atom. The second-order valence-corrected chi connectivity index (χ2v) is 3.96. The van der Waals surface area contributed by atoms with E-state index in [0.717, 1.165) is 6.42 Å². The van der Waals surface area contributed by atoms with Crippen LogP contribution in [0.4, 0.5) is 0 Å². The lowest BCUT2D eigenvalue weighted by Crippen LogP contribution is -2.28. The van der Waals surface area contributed by atoms with Gasteiger partial charge in [0.2, 0.25) is 0 Å². The molecule has 0 bridgehead atoms. The monoisotopic (exact) mass is 184 g/mol. The summed E-state index contributed by atoms with van der Waals surface area (Å²) in [5.74, 6) is 0. The zero-order valence-corrected chi connectivity index (χ0v) is 7.98. The van der Waals surface area contributed by atoms with Gasteiger partial charge in [-0.2, -0.15) is 0 Å². The van der Waals surface area contributed by atoms with Crippen molar-refractivity contribution >= 4 is 12.6 Å². The van der Waals surface area contributed by atoms with E-state index in [1.807, 2.05) is 6.21 Å². The van der Waals surface area contributed by atoms with Crippen molar-refractivity contribution in [3.05, 3.63) is 35.4 Å². The summed E-state index contributed by atoms with van der Waals surface area (Å²) in [5.41, 5.74) is 2.67. The maximum absolute atomic E-state index is 4.52. The average Bonchev–Trinajstić information content (AvgIpc) is 2.68. The second kappa shape index (κ2) is 2.77. The molecule has 0 saturated heterocycles. The van der Waals surface area contributed by atoms with Crippen molar-refractivity contribution in [1.82, 2.24) is 0 Å². The zero-order valence-electron chi connectivity index (χ0n) is 7.98. The first kappa shape index (κ1) is 7.92. The van der Waals surface area contributed by atoms with E-state index < -0.39 is 0 Å². The van der Waals surface area contributed by atoms with Gasteiger partial charge in [-0.15, -0.1) is 0 Å². The lowest BCUT2D eigenvalue weighted by molar-refractivity contribution is 0.506. The molecule has 0 radical (unpaired) electrons. The van der Waals surface area contributed by atoms with Crippen LogP contribution in [0.15, 0.2) is 34.3 Å². The number of rotatable bonds is 0. The van der Waals surface area contributed by atoms with Crippen LogP contribution in [0.5, 0.6) is 0 Å². The molecule has 1 spiro atoms. The van der Waals surface area contributed by atoms with Gasteiger partial charge in [-0.3, -0.25) is 4.99 Å². The molecule has 2 aliphatic rings. The molecule has 1 atom stereocenters. The molecule has 1 aliphatic carbocycles. The molecule has 0 aromatic heterocycles. The van der Waals surface area contributed by atoms with Gasteiger partial charge < -0.3 is 0 Å². The van der Waals surface area contributed by atoms with Crippen molar-refractivity contribution in [3.63, 3.8) is 0 Å². The minimum atomic E-state index is -0.116. The van der Waals surface area contributed by atoms with Gasteiger partial charge in [-0.1, -0.05) is 24.3 Å². The minimum absolute atomic E-state index is 0.116. The molecule has 1 aliphatic heterocycles. The molecule has 0 saturated carbocycles. The highest BCUT2D eigenvalue weighted by atomic mass is 15.0. The summed E-state index contributed by atoms with van der Waals surface area (Å²) in [5, 5.41) is 0. The van der Waals surface area contributed by atoms with Crippen molar-refractivity contribution in [2.24, 2.45) is 9.98 Å². The molecular formula is C12H12N2. The zero-order chi connectivity index (χ0) is 9.43. The largest absolute Gasteiger partial charge is 0.256 e. The summed E-state index contributed by atoms with van der Waals surface area (Å²) in [4.78, 5) is 8.66. The van der Waals surface area contributed by atoms with E-state index in [0.29, 0.717) is 0 Å². The fraction of sp³-hybridized carbons (Fsp3) is 0.333. The molecule has 1 heterocycles. The van der Waals surface area contributed by atoms with E-state index >= 15 is 0 Å². The highest BCUT2D eigenvalue weighted by molar-refractivity contribution is 5.87. The van der Waals surface area contributed by atoms with Crippen LogP contribution in [-0.2, 0) is 12.0 Å². The predicted octanol–water partition coefficient (Wildman–Crippen LogP) is 2.33. The van der Waals surface area contributed by atoms with Crippen molar-refractivity contribution in [2.45, 2.75) is 24.8 Å². The summed E-state index contributed by atoms with van der Waals surface area (Å²) in [7, 11) is 0. The van der Waals surface area contributed by atoms with Crippen molar-refractivity contribution in [2.75, 3.05) is 0 Å². The first-order chi connectivity index (χ1) is 6.91. The number of hydrogen-bond acceptors (Lipinski definition) is 2. The molecule has 0 amide bonds. The van der Waals surface area contributed by atoms with Crippen molar-refractivity contribution in [1.29, 1.82) is 0 Å². The third-order valence-electron chi connectivity index (χ3n) is 3.13. The molecule has 1 unspecified atom stereocenters. The van der Waals surface area contributed by atoms with E-state index in [9.17, 15) is 0 Å². The Morgan fingerprint density at radius 2 is 2.14 bits per heavy atom. The molecule has 1 aromatic carbocycles. The molecule has 2 heteroatoms. The summed E-state index contributed by atoms with van der Waals surface area (Å²) in [6, 6.07) is 8.59. The van der Waals surface area contributed by atoms with Gasteiger partial charge >= 0.3 is 0 Å². The van der Waals surface area contributed by atoms with E-state index in [2.05, 4.69) is 34.3 Å². The molecule has 0 fully saturated rings. The Labute approximate surface area is 83.4 Å². The fourth-order valence-electron chi connectivity index (χ4n) is 2.44. The third-order valence-corrected chi connectivity index (χ3v) is 3.13. The van der Waals surface area contributed by atoms with Crippen LogP contribution in [0, 0.1) is 0 Å². The van der Waals surface area contributed by atoms with Crippen molar-refractivity contribution < 1.29 is 0 Å². The van der Waals surface area contributed by atoms with Gasteiger partial charge in [0.05, 0.1) is 0 Å². The first-order valence-electron chi connectivity index (χ1n) is 5.07. The Kier molecular flexibility index (Phi) is 1.57. The highest BCUT2D eigenvalue weighted by Crippen LogP contribution is 2.38. The lowest BCUT2D eigenvalue weighted by atomic mass is 9.78. The molecule has 2 nitrogen and oxygen atoms in total. The number of aryl methyl sites for hydroxylation is 1. The summed E-state index contributed by atoms with van der Waals surface area (Å²) >= 11 is 0. The van der Waals surface area contributed by atoms with Crippen molar-refractivity contribution in [3.8, 4) is 0 Å². The number of hydrogen-bond donors (Lipinski definition) is 0. The molecule has 70 valence electrons. The number of fused-ring (bicyclic) bond motifs is 2. The van der Waals surface area contributed by atoms with Crippen LogP contribution >= 0.6 is 0 Å². The van der Waals surface area contributed by atoms with Gasteiger partial charge in [-0.25, -0.2) is 4.99 Å². The van der Waals surface area contributed by atoms with Crippen LogP contribution in [0.1, 0.15) is 24.0 Å². The van der Waals surface area contributed by atoms with E-state index in [-0.39, 0.29) is 5.54 Å². The topological polar surface area (TPSA) is 24.7 Å². The van der Waals surface area contributed by atoms with Crippen LogP contribution < -0.4 is 0 Å². The van der Waals surface area contributed by atoms with Gasteiger partial charge in [-0.05, 0) is 30.4 Å². The Balaban J connectivity index is 2.20. The molecule has 3 rings (SSSR count). The normalized spacial score (nSPS) is 28.3. The van der Waals surface area contributed by atoms with E-state index in [1.165, 1.54) is 24.0 Å². The summed E-state index contributed by atoms with van der Waals surface area (Å²) in [6.45, 7) is 0. The Morgan fingerprint density at radius 1 is 1.21 bits per heavy atom. The van der Waals surface area contributed by atoms with E-state index in [1.54, 1.807) is 6.34 Å². The fourth-order valence-corrected chi connectivity index (χ4v) is 2.44. The maximum Gasteiger partial charge on any atom is 0.123 e. The quantitative estimate of drug-likeness (QED) is 0.591. The van der Waals surface area contributed by atoms with Crippen LogP contribution in [0.3, 0.4) is 0 Å². The third kappa shape index (κ3) is 0.969. The smallest absolute Gasteiger partial charge is 0.123 e. The second-order valence-electron chi connectivity index (χ2n) is 3.96. The number of aliphatic imine (C=N–C) groups is 2.